The summed E-state index contributed by atoms with van der Waals surface area (Å²) in [6, 6.07) is 21.5. The maximum atomic E-state index is 6.51. The first-order valence-electron chi connectivity index (χ1n) is 9.84. The molecule has 0 aliphatic carbocycles. The Bertz CT molecular complexity index is 1110. The predicted molar refractivity (Wildman–Crippen MR) is 120 cm³/mol. The Labute approximate surface area is 185 Å². The van der Waals surface area contributed by atoms with Gasteiger partial charge in [-0.05, 0) is 67.1 Å². The van der Waals surface area contributed by atoms with Gasteiger partial charge in [0.15, 0.2) is 6.23 Å². The quantitative estimate of drug-likeness (QED) is 0.511. The van der Waals surface area contributed by atoms with Gasteiger partial charge < -0.3 is 14.9 Å². The van der Waals surface area contributed by atoms with Crippen LogP contribution < -0.4 is 14.9 Å². The molecule has 3 aromatic carbocycles. The van der Waals surface area contributed by atoms with Crippen LogP contribution in [0.2, 0.25) is 10.0 Å². The summed E-state index contributed by atoms with van der Waals surface area (Å²) in [7, 11) is 0. The molecule has 0 bridgehead atoms. The lowest BCUT2D eigenvalue weighted by Gasteiger charge is -2.39. The number of rotatable bonds is 4. The number of benzene rings is 3. The molecule has 3 aromatic rings. The molecule has 2 aliphatic heterocycles. The van der Waals surface area contributed by atoms with Gasteiger partial charge in [-0.2, -0.15) is 5.01 Å². The highest BCUT2D eigenvalue weighted by molar-refractivity contribution is 6.31. The Hall–Kier alpha value is -2.66. The summed E-state index contributed by atoms with van der Waals surface area (Å²) >= 11 is 12.8. The minimum absolute atomic E-state index is 0.0460. The maximum Gasteiger partial charge on any atom is 0.197 e. The van der Waals surface area contributed by atoms with Crippen LogP contribution in [0.3, 0.4) is 0 Å². The Balaban J connectivity index is 1.55. The number of nitrogens with zero attached hydrogens (tertiary/aromatic N) is 1. The van der Waals surface area contributed by atoms with E-state index in [1.807, 2.05) is 73.7 Å². The molecule has 5 rings (SSSR count). The van der Waals surface area contributed by atoms with Gasteiger partial charge in [-0.25, -0.2) is 0 Å². The van der Waals surface area contributed by atoms with Crippen LogP contribution in [0, 0.1) is 0 Å². The average Bonchev–Trinajstić information content (AvgIpc) is 3.20. The summed E-state index contributed by atoms with van der Waals surface area (Å²) in [6.45, 7) is 2.62. The van der Waals surface area contributed by atoms with Crippen molar-refractivity contribution in [1.82, 2.24) is 10.4 Å². The number of hydrogen-bond donors (Lipinski definition) is 1. The molecule has 0 aromatic heterocycles. The van der Waals surface area contributed by atoms with Crippen LogP contribution in [0.1, 0.15) is 35.9 Å². The van der Waals surface area contributed by atoms with Gasteiger partial charge >= 0.3 is 0 Å². The van der Waals surface area contributed by atoms with Crippen molar-refractivity contribution < 1.29 is 9.47 Å². The van der Waals surface area contributed by atoms with Crippen LogP contribution in [0.25, 0.3) is 5.70 Å². The number of nitrogens with one attached hydrogen (secondary N) is 1. The van der Waals surface area contributed by atoms with E-state index >= 15 is 0 Å². The summed E-state index contributed by atoms with van der Waals surface area (Å²) in [5.74, 6) is 1.66. The van der Waals surface area contributed by atoms with E-state index in [2.05, 4.69) is 16.5 Å². The minimum atomic E-state index is -0.381. The van der Waals surface area contributed by atoms with Gasteiger partial charge in [-0.15, -0.1) is 0 Å². The number of fused-ring (bicyclic) bond motifs is 3. The molecule has 1 N–H and O–H groups in total. The molecular weight excluding hydrogens is 419 g/mol. The molecule has 0 saturated heterocycles. The first kappa shape index (κ1) is 19.3. The van der Waals surface area contributed by atoms with Crippen molar-refractivity contribution in [3.8, 4) is 11.5 Å². The molecule has 0 radical (unpaired) electrons. The molecule has 4 nitrogen and oxygen atoms in total. The lowest BCUT2D eigenvalue weighted by Crippen LogP contribution is -2.43. The molecular formula is C24H20Cl2N2O2. The van der Waals surface area contributed by atoms with Crippen LogP contribution in [0.4, 0.5) is 0 Å². The summed E-state index contributed by atoms with van der Waals surface area (Å²) in [6.07, 6.45) is 1.81. The summed E-state index contributed by atoms with van der Waals surface area (Å²) in [4.78, 5) is 0. The predicted octanol–water partition coefficient (Wildman–Crippen LogP) is 6.39. The molecule has 2 heterocycles. The largest absolute Gasteiger partial charge is 0.494 e. The average molecular weight is 439 g/mol. The van der Waals surface area contributed by atoms with E-state index in [0.717, 1.165) is 33.9 Å². The lowest BCUT2D eigenvalue weighted by atomic mass is 10.0. The standard InChI is InChI=1S/C24H20Cl2N2O2/c1-2-29-17-10-7-15(8-11-17)21-14-22-19-13-16(25)9-12-23(19)30-24(28(22)27-21)18-5-3-4-6-20(18)26/h3-14,22,24,27H,2H2,1H3. The third kappa shape index (κ3) is 3.41. The van der Waals surface area contributed by atoms with Gasteiger partial charge in [0.2, 0.25) is 0 Å². The van der Waals surface area contributed by atoms with Gasteiger partial charge in [0, 0.05) is 21.2 Å². The van der Waals surface area contributed by atoms with E-state index in [4.69, 9.17) is 32.7 Å². The zero-order valence-electron chi connectivity index (χ0n) is 16.3. The smallest absolute Gasteiger partial charge is 0.197 e. The van der Waals surface area contributed by atoms with Crippen molar-refractivity contribution >= 4 is 28.9 Å². The van der Waals surface area contributed by atoms with Crippen LogP contribution >= 0.6 is 23.2 Å². The fourth-order valence-electron chi connectivity index (χ4n) is 3.91. The van der Waals surface area contributed by atoms with Crippen LogP contribution in [-0.4, -0.2) is 11.6 Å². The maximum absolute atomic E-state index is 6.51. The van der Waals surface area contributed by atoms with Crippen molar-refractivity contribution in [3.05, 3.63) is 99.5 Å². The van der Waals surface area contributed by atoms with Gasteiger partial charge in [0.1, 0.15) is 11.5 Å². The monoisotopic (exact) mass is 438 g/mol. The van der Waals surface area contributed by atoms with E-state index < -0.39 is 0 Å². The van der Waals surface area contributed by atoms with E-state index in [9.17, 15) is 0 Å². The Morgan fingerprint density at radius 3 is 2.57 bits per heavy atom. The Morgan fingerprint density at radius 1 is 1.00 bits per heavy atom. The van der Waals surface area contributed by atoms with Gasteiger partial charge in [-0.3, -0.25) is 0 Å². The number of hydrazine groups is 1. The zero-order chi connectivity index (χ0) is 20.7. The highest BCUT2D eigenvalue weighted by Crippen LogP contribution is 2.47. The topological polar surface area (TPSA) is 33.7 Å². The highest BCUT2D eigenvalue weighted by atomic mass is 35.5. The third-order valence-electron chi connectivity index (χ3n) is 5.30. The van der Waals surface area contributed by atoms with Gasteiger partial charge in [-0.1, -0.05) is 41.4 Å². The molecule has 2 unspecified atom stereocenters. The van der Waals surface area contributed by atoms with Crippen molar-refractivity contribution in [2.45, 2.75) is 19.2 Å². The van der Waals surface area contributed by atoms with Crippen molar-refractivity contribution in [2.75, 3.05) is 6.61 Å². The molecule has 6 heteroatoms. The Morgan fingerprint density at radius 2 is 1.80 bits per heavy atom. The second-order valence-electron chi connectivity index (χ2n) is 7.18. The molecule has 2 aliphatic rings. The molecule has 2 atom stereocenters. The summed E-state index contributed by atoms with van der Waals surface area (Å²) in [5, 5.41) is 3.41. The SMILES string of the molecule is CCOc1ccc(C2=CC3c4cc(Cl)ccc4OC(c4ccccc4Cl)N3N2)cc1. The van der Waals surface area contributed by atoms with E-state index in [1.54, 1.807) is 0 Å². The normalized spacial score (nSPS) is 19.9. The molecule has 0 amide bonds. The first-order chi connectivity index (χ1) is 14.6. The fourth-order valence-corrected chi connectivity index (χ4v) is 4.32. The highest BCUT2D eigenvalue weighted by Gasteiger charge is 2.40. The molecule has 30 heavy (non-hydrogen) atoms. The zero-order valence-corrected chi connectivity index (χ0v) is 17.8. The molecule has 152 valence electrons. The molecule has 0 saturated carbocycles. The van der Waals surface area contributed by atoms with E-state index in [0.29, 0.717) is 16.7 Å². The van der Waals surface area contributed by atoms with Gasteiger partial charge in [0.05, 0.1) is 18.3 Å². The number of ether oxygens (including phenoxy) is 2. The van der Waals surface area contributed by atoms with E-state index in [1.165, 1.54) is 0 Å². The number of hydrogen-bond acceptors (Lipinski definition) is 4. The van der Waals surface area contributed by atoms with Crippen LogP contribution in [-0.2, 0) is 0 Å². The van der Waals surface area contributed by atoms with Gasteiger partial charge in [0.25, 0.3) is 0 Å². The Kier molecular flexibility index (Phi) is 5.07. The molecule has 0 spiro atoms. The number of halogens is 2. The second kappa shape index (κ2) is 7.88. The minimum Gasteiger partial charge on any atom is -0.494 e. The second-order valence-corrected chi connectivity index (χ2v) is 8.02. The van der Waals surface area contributed by atoms with Crippen molar-refractivity contribution in [1.29, 1.82) is 0 Å². The van der Waals surface area contributed by atoms with Crippen molar-refractivity contribution in [2.24, 2.45) is 0 Å². The first-order valence-corrected chi connectivity index (χ1v) is 10.6. The summed E-state index contributed by atoms with van der Waals surface area (Å²) < 4.78 is 11.9. The molecule has 0 fully saturated rings. The third-order valence-corrected chi connectivity index (χ3v) is 5.88. The van der Waals surface area contributed by atoms with Crippen LogP contribution in [0.5, 0.6) is 11.5 Å². The fraction of sp³-hybridized carbons (Fsp3) is 0.167. The van der Waals surface area contributed by atoms with Crippen molar-refractivity contribution in [3.63, 3.8) is 0 Å². The van der Waals surface area contributed by atoms with E-state index in [-0.39, 0.29) is 12.3 Å². The van der Waals surface area contributed by atoms with Crippen LogP contribution in [0.15, 0.2) is 72.8 Å². The lowest BCUT2D eigenvalue weighted by molar-refractivity contribution is -0.0325. The summed E-state index contributed by atoms with van der Waals surface area (Å²) in [5.41, 5.74) is 7.50.